The van der Waals surface area contributed by atoms with E-state index in [1.165, 1.54) is 250 Å². The van der Waals surface area contributed by atoms with Gasteiger partial charge in [0, 0.05) is 6.42 Å². The summed E-state index contributed by atoms with van der Waals surface area (Å²) in [6, 6.07) is -0.895. The first-order valence-electron chi connectivity index (χ1n) is 48.0. The number of carbonyl (C=O) groups is 1. The van der Waals surface area contributed by atoms with Gasteiger partial charge in [-0.15, -0.1) is 0 Å². The number of rotatable bonds is 78. The summed E-state index contributed by atoms with van der Waals surface area (Å²) in [5, 5.41) is 122. The van der Waals surface area contributed by atoms with Crippen molar-refractivity contribution in [1.82, 2.24) is 5.32 Å². The second-order valence-corrected chi connectivity index (χ2v) is 33.8. The zero-order chi connectivity index (χ0) is 84.5. The average molecular weight is 1660 g/mol. The van der Waals surface area contributed by atoms with Crippen LogP contribution in [0.4, 0.5) is 0 Å². The van der Waals surface area contributed by atoms with E-state index in [-0.39, 0.29) is 18.9 Å². The summed E-state index contributed by atoms with van der Waals surface area (Å²) in [6.07, 6.45) is 79.5. The largest absolute Gasteiger partial charge is 0.394 e. The molecule has 3 aliphatic heterocycles. The monoisotopic (exact) mass is 1650 g/mol. The molecule has 680 valence electrons. The van der Waals surface area contributed by atoms with Gasteiger partial charge in [0.25, 0.3) is 0 Å². The maximum atomic E-state index is 13.6. The summed E-state index contributed by atoms with van der Waals surface area (Å²) < 4.78 is 34.6. The fraction of sp³-hybridized carbons (Fsp3) is 0.827. The van der Waals surface area contributed by atoms with Crippen LogP contribution in [0.2, 0.25) is 0 Å². The molecule has 0 radical (unpaired) electrons. The number of unbranched alkanes of at least 4 members (excludes halogenated alkanes) is 46. The molecule has 19 heteroatoms. The van der Waals surface area contributed by atoms with Gasteiger partial charge < -0.3 is 89.9 Å². The van der Waals surface area contributed by atoms with Gasteiger partial charge in [0.2, 0.25) is 5.91 Å². The summed E-state index contributed by atoms with van der Waals surface area (Å²) in [7, 11) is 0. The number of hydrogen-bond donors (Lipinski definition) is 12. The van der Waals surface area contributed by atoms with E-state index in [2.05, 4.69) is 116 Å². The third-order valence-electron chi connectivity index (χ3n) is 23.4. The van der Waals surface area contributed by atoms with E-state index in [0.29, 0.717) is 12.8 Å². The Labute approximate surface area is 711 Å². The van der Waals surface area contributed by atoms with Crippen LogP contribution in [0.1, 0.15) is 386 Å². The molecule has 1 amide bonds. The second kappa shape index (κ2) is 76.4. The van der Waals surface area contributed by atoms with E-state index >= 15 is 0 Å². The molecule has 19 nitrogen and oxygen atoms in total. The number of aliphatic hydroxyl groups excluding tert-OH is 11. The molecule has 3 heterocycles. The highest BCUT2D eigenvalue weighted by molar-refractivity contribution is 5.76. The van der Waals surface area contributed by atoms with Crippen LogP contribution in [0.25, 0.3) is 0 Å². The van der Waals surface area contributed by atoms with E-state index in [1.54, 1.807) is 0 Å². The molecule has 117 heavy (non-hydrogen) atoms. The molecular weight excluding hydrogens is 1480 g/mol. The van der Waals surface area contributed by atoms with Crippen LogP contribution in [-0.4, -0.2) is 193 Å². The molecular formula is C98H175NO18. The van der Waals surface area contributed by atoms with Gasteiger partial charge in [0.15, 0.2) is 18.9 Å². The van der Waals surface area contributed by atoms with Gasteiger partial charge in [-0.05, 0) is 77.0 Å². The highest BCUT2D eigenvalue weighted by Crippen LogP contribution is 2.34. The number of nitrogens with one attached hydrogen (secondary N) is 1. The first-order chi connectivity index (χ1) is 57.3. The number of allylic oxidation sites excluding steroid dienone is 16. The van der Waals surface area contributed by atoms with Crippen molar-refractivity contribution < 1.29 is 89.4 Å². The average Bonchev–Trinajstić information content (AvgIpc) is 0.777. The minimum atomic E-state index is -1.98. The Kier molecular flexibility index (Phi) is 70.4. The highest BCUT2D eigenvalue weighted by atomic mass is 16.8. The van der Waals surface area contributed by atoms with Crippen molar-refractivity contribution in [3.8, 4) is 0 Å². The van der Waals surface area contributed by atoms with Crippen LogP contribution in [0, 0.1) is 0 Å². The normalized spacial score (nSPS) is 24.8. The van der Waals surface area contributed by atoms with Gasteiger partial charge in [-0.1, -0.05) is 400 Å². The molecule has 17 unspecified atom stereocenters. The van der Waals surface area contributed by atoms with Crippen molar-refractivity contribution in [1.29, 1.82) is 0 Å². The first-order valence-corrected chi connectivity index (χ1v) is 48.0. The Balaban J connectivity index is 1.30. The molecule has 3 aliphatic rings. The van der Waals surface area contributed by atoms with Gasteiger partial charge in [0.05, 0.1) is 38.6 Å². The molecule has 3 fully saturated rings. The molecule has 0 saturated carbocycles. The van der Waals surface area contributed by atoms with Gasteiger partial charge in [-0.3, -0.25) is 4.79 Å². The smallest absolute Gasteiger partial charge is 0.220 e. The van der Waals surface area contributed by atoms with Gasteiger partial charge in [-0.2, -0.15) is 0 Å². The number of carbonyl (C=O) groups excluding carboxylic acids is 1. The summed E-state index contributed by atoms with van der Waals surface area (Å²) in [4.78, 5) is 13.6. The van der Waals surface area contributed by atoms with Crippen LogP contribution in [0.5, 0.6) is 0 Å². The molecule has 17 atom stereocenters. The van der Waals surface area contributed by atoms with Crippen LogP contribution < -0.4 is 5.32 Å². The van der Waals surface area contributed by atoms with Crippen molar-refractivity contribution in [3.63, 3.8) is 0 Å². The molecule has 0 aromatic carbocycles. The predicted molar refractivity (Wildman–Crippen MR) is 475 cm³/mol. The molecule has 0 aliphatic carbocycles. The first kappa shape index (κ1) is 108. The molecule has 3 saturated heterocycles. The van der Waals surface area contributed by atoms with E-state index in [9.17, 15) is 61.0 Å². The molecule has 0 bridgehead atoms. The lowest BCUT2D eigenvalue weighted by Crippen LogP contribution is -2.66. The molecule has 12 N–H and O–H groups in total. The summed E-state index contributed by atoms with van der Waals surface area (Å²) in [6.45, 7) is 1.74. The highest BCUT2D eigenvalue weighted by Gasteiger charge is 2.54. The third-order valence-corrected chi connectivity index (χ3v) is 23.4. The van der Waals surface area contributed by atoms with Crippen molar-refractivity contribution in [2.24, 2.45) is 0 Å². The number of aliphatic hydroxyl groups is 11. The maximum Gasteiger partial charge on any atom is 0.220 e. The van der Waals surface area contributed by atoms with Crippen LogP contribution in [-0.2, 0) is 33.2 Å². The summed E-state index contributed by atoms with van der Waals surface area (Å²) in [5.41, 5.74) is 0. The van der Waals surface area contributed by atoms with E-state index in [4.69, 9.17) is 28.4 Å². The Morgan fingerprint density at radius 2 is 0.590 bits per heavy atom. The van der Waals surface area contributed by atoms with Crippen molar-refractivity contribution >= 4 is 5.91 Å². The predicted octanol–water partition coefficient (Wildman–Crippen LogP) is 19.4. The SMILES string of the molecule is CC/C=C\C/C=C\C/C=C\C/C=C\C/C=C\C/C=C\C/C=C\C/C=C\CCCCCCCCCCCCCCCCC(=O)NC(COC1OC(CO)C(OC2OC(CO)C(OC3OC(CO)C(O)C(O)C3O)C(O)C2O)C(O)C1O)C(O)CCCCCCCCCCCCCCCCCCCCCCCCCCCCCCCCCCC. The van der Waals surface area contributed by atoms with E-state index < -0.39 is 124 Å². The summed E-state index contributed by atoms with van der Waals surface area (Å²) >= 11 is 0. The Morgan fingerprint density at radius 3 is 0.923 bits per heavy atom. The third kappa shape index (κ3) is 54.2. The minimum absolute atomic E-state index is 0.241. The fourth-order valence-corrected chi connectivity index (χ4v) is 15.9. The lowest BCUT2D eigenvalue weighted by molar-refractivity contribution is -0.379. The number of ether oxygens (including phenoxy) is 6. The standard InChI is InChI=1S/C98H175NO18/c1-3-5-7-9-11-13-15-17-19-21-23-25-27-29-31-33-35-37-38-39-40-41-42-44-46-48-50-52-54-56-58-60-62-64-66-68-70-72-74-76-86(104)99-81(82(103)75-73-71-69-67-65-63-61-59-57-55-53-51-49-47-45-43-36-34-32-30-28-26-24-22-20-18-16-14-12-10-8-6-4-2)80-112-96-92(110)89(107)94(84(78-101)114-96)117-98-93(111)90(108)95(85(79-102)115-98)116-97-91(109)88(106)87(105)83(77-100)113-97/h5,7,11,13,17,19,23,25,29,31,35,37,39-40,42,44,81-85,87-98,100-103,105-111H,3-4,6,8-10,12,14-16,18,20-22,24,26-28,30,32-34,36,38,41,43,45-80H2,1-2H3,(H,99,104)/b7-5-,13-11-,19-17-,25-23-,31-29-,37-35-,40-39-,44-42-. The van der Waals surface area contributed by atoms with E-state index in [1.807, 2.05) is 0 Å². The van der Waals surface area contributed by atoms with Crippen molar-refractivity contribution in [2.45, 2.75) is 491 Å². The number of amides is 1. The van der Waals surface area contributed by atoms with Crippen molar-refractivity contribution in [2.75, 3.05) is 26.4 Å². The molecule has 0 spiro atoms. The lowest BCUT2D eigenvalue weighted by Gasteiger charge is -2.48. The molecule has 0 aromatic rings. The molecule has 0 aromatic heterocycles. The second-order valence-electron chi connectivity index (χ2n) is 33.8. The van der Waals surface area contributed by atoms with Gasteiger partial charge in [-0.25, -0.2) is 0 Å². The van der Waals surface area contributed by atoms with Gasteiger partial charge >= 0.3 is 0 Å². The van der Waals surface area contributed by atoms with Crippen LogP contribution in [0.3, 0.4) is 0 Å². The number of hydrogen-bond acceptors (Lipinski definition) is 18. The Hall–Kier alpha value is -3.29. The van der Waals surface area contributed by atoms with Gasteiger partial charge in [0.1, 0.15) is 73.2 Å². The minimum Gasteiger partial charge on any atom is -0.394 e. The maximum absolute atomic E-state index is 13.6. The lowest BCUT2D eigenvalue weighted by atomic mass is 9.96. The topological polar surface area (TPSA) is 307 Å². The quantitative estimate of drug-likeness (QED) is 0.0199. The van der Waals surface area contributed by atoms with Crippen LogP contribution >= 0.6 is 0 Å². The van der Waals surface area contributed by atoms with E-state index in [0.717, 1.165) is 103 Å². The van der Waals surface area contributed by atoms with Crippen LogP contribution in [0.15, 0.2) is 97.2 Å². The zero-order valence-electron chi connectivity index (χ0n) is 73.7. The zero-order valence-corrected chi connectivity index (χ0v) is 73.7. The Bertz CT molecular complexity index is 2490. The molecule has 3 rings (SSSR count). The fourth-order valence-electron chi connectivity index (χ4n) is 15.9. The van der Waals surface area contributed by atoms with Crippen molar-refractivity contribution in [3.05, 3.63) is 97.2 Å². The summed E-state index contributed by atoms with van der Waals surface area (Å²) in [5.74, 6) is -0.241. The Morgan fingerprint density at radius 1 is 0.316 bits per heavy atom.